The molecule has 22 heavy (non-hydrogen) atoms. The van der Waals surface area contributed by atoms with Crippen molar-refractivity contribution in [1.29, 1.82) is 0 Å². The Morgan fingerprint density at radius 1 is 1.45 bits per heavy atom. The van der Waals surface area contributed by atoms with Gasteiger partial charge < -0.3 is 9.64 Å². The van der Waals surface area contributed by atoms with Gasteiger partial charge in [0, 0.05) is 38.8 Å². The summed E-state index contributed by atoms with van der Waals surface area (Å²) in [5.74, 6) is -0.637. The standard InChI is InChI=1S/C16H17N3O3/c1-18(9-11-8-17-19(2)10-11)15(20)14-7-12-5-3-4-6-13(12)16(21)22-14/h3-6,8,10,14H,7,9H2,1-2H3/t14-/m1/s1. The fourth-order valence-electron chi connectivity index (χ4n) is 2.62. The predicted molar refractivity (Wildman–Crippen MR) is 79.0 cm³/mol. The summed E-state index contributed by atoms with van der Waals surface area (Å²) in [6.45, 7) is 0.433. The van der Waals surface area contributed by atoms with Gasteiger partial charge >= 0.3 is 5.97 Å². The first kappa shape index (κ1) is 14.3. The van der Waals surface area contributed by atoms with Crippen LogP contribution in [0.3, 0.4) is 0 Å². The summed E-state index contributed by atoms with van der Waals surface area (Å²) in [6.07, 6.45) is 3.22. The summed E-state index contributed by atoms with van der Waals surface area (Å²) in [5, 5.41) is 4.08. The van der Waals surface area contributed by atoms with Crippen molar-refractivity contribution in [1.82, 2.24) is 14.7 Å². The molecule has 0 saturated carbocycles. The summed E-state index contributed by atoms with van der Waals surface area (Å²) in [5.41, 5.74) is 2.33. The van der Waals surface area contributed by atoms with Gasteiger partial charge in [-0.25, -0.2) is 4.79 Å². The second kappa shape index (κ2) is 5.63. The van der Waals surface area contributed by atoms with Crippen LogP contribution in [-0.2, 0) is 29.5 Å². The zero-order chi connectivity index (χ0) is 15.7. The van der Waals surface area contributed by atoms with Crippen molar-refractivity contribution < 1.29 is 14.3 Å². The van der Waals surface area contributed by atoms with Crippen molar-refractivity contribution in [2.24, 2.45) is 7.05 Å². The maximum absolute atomic E-state index is 12.5. The van der Waals surface area contributed by atoms with Gasteiger partial charge in [0.1, 0.15) is 0 Å². The number of benzene rings is 1. The van der Waals surface area contributed by atoms with E-state index in [0.717, 1.165) is 11.1 Å². The lowest BCUT2D eigenvalue weighted by Gasteiger charge is -2.27. The Balaban J connectivity index is 1.72. The molecule has 1 aliphatic heterocycles. The first-order valence-electron chi connectivity index (χ1n) is 7.06. The molecule has 1 aromatic carbocycles. The highest BCUT2D eigenvalue weighted by molar-refractivity contribution is 5.95. The molecule has 6 nitrogen and oxygen atoms in total. The molecule has 1 amide bonds. The molecule has 0 N–H and O–H groups in total. The van der Waals surface area contributed by atoms with Crippen LogP contribution < -0.4 is 0 Å². The number of ether oxygens (including phenoxy) is 1. The number of esters is 1. The van der Waals surface area contributed by atoms with E-state index in [9.17, 15) is 9.59 Å². The Kier molecular flexibility index (Phi) is 3.66. The Bertz CT molecular complexity index is 723. The number of likely N-dealkylation sites (N-methyl/N-ethyl adjacent to an activating group) is 1. The second-order valence-electron chi connectivity index (χ2n) is 5.47. The van der Waals surface area contributed by atoms with E-state index in [2.05, 4.69) is 5.10 Å². The molecule has 1 atom stereocenters. The third-order valence-electron chi connectivity index (χ3n) is 3.72. The van der Waals surface area contributed by atoms with Gasteiger partial charge in [0.15, 0.2) is 6.10 Å². The molecule has 2 aromatic rings. The highest BCUT2D eigenvalue weighted by Crippen LogP contribution is 2.21. The lowest BCUT2D eigenvalue weighted by atomic mass is 9.98. The van der Waals surface area contributed by atoms with E-state index in [4.69, 9.17) is 4.74 Å². The third-order valence-corrected chi connectivity index (χ3v) is 3.72. The topological polar surface area (TPSA) is 64.4 Å². The minimum Gasteiger partial charge on any atom is -0.448 e. The zero-order valence-electron chi connectivity index (χ0n) is 12.5. The molecular weight excluding hydrogens is 282 g/mol. The number of rotatable bonds is 3. The number of carbonyl (C=O) groups is 2. The minimum atomic E-state index is -0.760. The van der Waals surface area contributed by atoms with E-state index in [0.29, 0.717) is 18.5 Å². The van der Waals surface area contributed by atoms with Gasteiger partial charge in [-0.1, -0.05) is 18.2 Å². The largest absolute Gasteiger partial charge is 0.448 e. The second-order valence-corrected chi connectivity index (χ2v) is 5.47. The average molecular weight is 299 g/mol. The molecule has 114 valence electrons. The first-order chi connectivity index (χ1) is 10.5. The lowest BCUT2D eigenvalue weighted by molar-refractivity contribution is -0.140. The number of aromatic nitrogens is 2. The molecule has 3 rings (SSSR count). The van der Waals surface area contributed by atoms with E-state index < -0.39 is 12.1 Å². The van der Waals surface area contributed by atoms with Crippen molar-refractivity contribution in [3.8, 4) is 0 Å². The van der Waals surface area contributed by atoms with Crippen molar-refractivity contribution >= 4 is 11.9 Å². The van der Waals surface area contributed by atoms with Crippen LogP contribution in [0.5, 0.6) is 0 Å². The van der Waals surface area contributed by atoms with Crippen LogP contribution in [0, 0.1) is 0 Å². The van der Waals surface area contributed by atoms with Crippen LogP contribution in [0.15, 0.2) is 36.7 Å². The van der Waals surface area contributed by atoms with Gasteiger partial charge in [-0.3, -0.25) is 9.48 Å². The van der Waals surface area contributed by atoms with Gasteiger partial charge in [0.25, 0.3) is 5.91 Å². The summed E-state index contributed by atoms with van der Waals surface area (Å²) >= 11 is 0. The Labute approximate surface area is 128 Å². The smallest absolute Gasteiger partial charge is 0.339 e. The highest BCUT2D eigenvalue weighted by Gasteiger charge is 2.32. The quantitative estimate of drug-likeness (QED) is 0.798. The molecule has 0 bridgehead atoms. The number of hydrogen-bond donors (Lipinski definition) is 0. The summed E-state index contributed by atoms with van der Waals surface area (Å²) in [7, 11) is 3.52. The van der Waals surface area contributed by atoms with Gasteiger partial charge in [0.05, 0.1) is 11.8 Å². The number of cyclic esters (lactones) is 1. The van der Waals surface area contributed by atoms with Crippen LogP contribution in [0.2, 0.25) is 0 Å². The summed E-state index contributed by atoms with van der Waals surface area (Å²) < 4.78 is 6.97. The number of nitrogens with zero attached hydrogens (tertiary/aromatic N) is 3. The molecule has 0 aliphatic carbocycles. The molecule has 1 aromatic heterocycles. The molecule has 0 radical (unpaired) electrons. The van der Waals surface area contributed by atoms with Gasteiger partial charge in [-0.2, -0.15) is 5.10 Å². The Morgan fingerprint density at radius 2 is 2.23 bits per heavy atom. The van der Waals surface area contributed by atoms with Crippen LogP contribution in [0.4, 0.5) is 0 Å². The fourth-order valence-corrected chi connectivity index (χ4v) is 2.62. The molecule has 2 heterocycles. The maximum Gasteiger partial charge on any atom is 0.339 e. The molecule has 0 spiro atoms. The first-order valence-corrected chi connectivity index (χ1v) is 7.06. The molecular formula is C16H17N3O3. The van der Waals surface area contributed by atoms with Crippen molar-refractivity contribution in [3.05, 3.63) is 53.3 Å². The maximum atomic E-state index is 12.5. The number of amides is 1. The van der Waals surface area contributed by atoms with Gasteiger partial charge in [0.2, 0.25) is 0 Å². The number of hydrogen-bond acceptors (Lipinski definition) is 4. The zero-order valence-corrected chi connectivity index (χ0v) is 12.5. The number of carbonyl (C=O) groups excluding carboxylic acids is 2. The highest BCUT2D eigenvalue weighted by atomic mass is 16.5. The number of aryl methyl sites for hydroxylation is 1. The Morgan fingerprint density at radius 3 is 2.95 bits per heavy atom. The van der Waals surface area contributed by atoms with Crippen molar-refractivity contribution in [2.45, 2.75) is 19.1 Å². The van der Waals surface area contributed by atoms with E-state index in [1.54, 1.807) is 35.0 Å². The lowest BCUT2D eigenvalue weighted by Crippen LogP contribution is -2.42. The summed E-state index contributed by atoms with van der Waals surface area (Å²) in [4.78, 5) is 26.0. The minimum absolute atomic E-state index is 0.202. The van der Waals surface area contributed by atoms with Crippen molar-refractivity contribution in [3.63, 3.8) is 0 Å². The van der Waals surface area contributed by atoms with E-state index in [1.807, 2.05) is 25.4 Å². The van der Waals surface area contributed by atoms with E-state index in [1.165, 1.54) is 0 Å². The average Bonchev–Trinajstić information content (AvgIpc) is 2.91. The van der Waals surface area contributed by atoms with Crippen LogP contribution in [-0.4, -0.2) is 39.7 Å². The van der Waals surface area contributed by atoms with E-state index in [-0.39, 0.29) is 5.91 Å². The summed E-state index contributed by atoms with van der Waals surface area (Å²) in [6, 6.07) is 7.23. The Hall–Kier alpha value is -2.63. The number of fused-ring (bicyclic) bond motifs is 1. The molecule has 1 aliphatic rings. The molecule has 0 fully saturated rings. The SMILES string of the molecule is CN(Cc1cnn(C)c1)C(=O)[C@H]1Cc2ccccc2C(=O)O1. The van der Waals surface area contributed by atoms with Gasteiger partial charge in [-0.05, 0) is 11.6 Å². The molecule has 0 saturated heterocycles. The normalized spacial score (nSPS) is 16.8. The van der Waals surface area contributed by atoms with Crippen molar-refractivity contribution in [2.75, 3.05) is 7.05 Å². The van der Waals surface area contributed by atoms with E-state index >= 15 is 0 Å². The predicted octanol–water partition coefficient (Wildman–Crippen LogP) is 1.16. The molecule has 0 unspecified atom stereocenters. The van der Waals surface area contributed by atoms with Crippen LogP contribution in [0.25, 0.3) is 0 Å². The van der Waals surface area contributed by atoms with Gasteiger partial charge in [-0.15, -0.1) is 0 Å². The molecule has 6 heteroatoms. The van der Waals surface area contributed by atoms with Crippen LogP contribution in [0.1, 0.15) is 21.5 Å². The fraction of sp³-hybridized carbons (Fsp3) is 0.312. The third kappa shape index (κ3) is 2.72. The monoisotopic (exact) mass is 299 g/mol. The van der Waals surface area contributed by atoms with Crippen LogP contribution >= 0.6 is 0 Å².